The van der Waals surface area contributed by atoms with Gasteiger partial charge in [0.25, 0.3) is 11.7 Å². The zero-order valence-corrected chi connectivity index (χ0v) is 11.8. The number of amides is 1. The van der Waals surface area contributed by atoms with Crippen molar-refractivity contribution in [1.29, 1.82) is 0 Å². The smallest absolute Gasteiger partial charge is 0.299 e. The number of carbonyl (C=O) groups is 2. The molecular weight excluding hydrogens is 269 g/mol. The van der Waals surface area contributed by atoms with Crippen molar-refractivity contribution in [3.8, 4) is 0 Å². The monoisotopic (exact) mass is 283 g/mol. The van der Waals surface area contributed by atoms with Gasteiger partial charge in [0, 0.05) is 0 Å². The standard InChI is InChI=1S/C17H14FNO2/c1-10-7-11(2)15-14(8-10)16(20)17(21)19(15)9-12-3-5-13(18)6-4-12/h3-8H,9H2,1-2H3. The van der Waals surface area contributed by atoms with E-state index in [1.165, 1.54) is 17.0 Å². The summed E-state index contributed by atoms with van der Waals surface area (Å²) in [7, 11) is 0. The molecule has 0 fully saturated rings. The number of nitrogens with zero attached hydrogens (tertiary/aromatic N) is 1. The third kappa shape index (κ3) is 2.23. The summed E-state index contributed by atoms with van der Waals surface area (Å²) >= 11 is 0. The first-order valence-electron chi connectivity index (χ1n) is 6.69. The molecule has 3 rings (SSSR count). The Morgan fingerprint density at radius 3 is 2.38 bits per heavy atom. The van der Waals surface area contributed by atoms with Crippen LogP contribution in [-0.2, 0) is 11.3 Å². The second-order valence-electron chi connectivity index (χ2n) is 5.32. The van der Waals surface area contributed by atoms with Crippen molar-refractivity contribution in [2.24, 2.45) is 0 Å². The molecule has 0 aromatic heterocycles. The highest BCUT2D eigenvalue weighted by Gasteiger charge is 2.36. The number of rotatable bonds is 2. The summed E-state index contributed by atoms with van der Waals surface area (Å²) in [5.74, 6) is -1.32. The molecule has 2 aromatic carbocycles. The topological polar surface area (TPSA) is 37.4 Å². The first-order valence-corrected chi connectivity index (χ1v) is 6.69. The number of Topliss-reactive ketones (excluding diaryl/α,β-unsaturated/α-hetero) is 1. The van der Waals surface area contributed by atoms with Gasteiger partial charge in [0.1, 0.15) is 5.82 Å². The minimum Gasteiger partial charge on any atom is -0.300 e. The molecule has 2 aromatic rings. The number of aryl methyl sites for hydroxylation is 2. The Morgan fingerprint density at radius 1 is 1.05 bits per heavy atom. The number of hydrogen-bond donors (Lipinski definition) is 0. The summed E-state index contributed by atoms with van der Waals surface area (Å²) < 4.78 is 13.0. The van der Waals surface area contributed by atoms with Crippen LogP contribution in [0, 0.1) is 19.7 Å². The van der Waals surface area contributed by atoms with E-state index >= 15 is 0 Å². The van der Waals surface area contributed by atoms with Crippen LogP contribution >= 0.6 is 0 Å². The Kier molecular flexibility index (Phi) is 3.09. The third-order valence-electron chi connectivity index (χ3n) is 3.65. The lowest BCUT2D eigenvalue weighted by Crippen LogP contribution is -2.29. The van der Waals surface area contributed by atoms with Crippen molar-refractivity contribution in [2.45, 2.75) is 20.4 Å². The fourth-order valence-corrected chi connectivity index (χ4v) is 2.75. The summed E-state index contributed by atoms with van der Waals surface area (Å²) in [5, 5.41) is 0. The molecule has 1 aliphatic rings. The maximum atomic E-state index is 13.0. The van der Waals surface area contributed by atoms with Crippen molar-refractivity contribution in [3.05, 3.63) is 64.5 Å². The van der Waals surface area contributed by atoms with E-state index < -0.39 is 11.7 Å². The van der Waals surface area contributed by atoms with Gasteiger partial charge >= 0.3 is 0 Å². The number of benzene rings is 2. The van der Waals surface area contributed by atoms with E-state index in [2.05, 4.69) is 0 Å². The van der Waals surface area contributed by atoms with Gasteiger partial charge in [-0.15, -0.1) is 0 Å². The van der Waals surface area contributed by atoms with E-state index in [-0.39, 0.29) is 12.4 Å². The molecule has 1 aliphatic heterocycles. The maximum Gasteiger partial charge on any atom is 0.299 e. The SMILES string of the molecule is Cc1cc(C)c2c(c1)C(=O)C(=O)N2Cc1ccc(F)cc1. The lowest BCUT2D eigenvalue weighted by atomic mass is 10.0. The zero-order valence-electron chi connectivity index (χ0n) is 11.8. The molecule has 0 radical (unpaired) electrons. The lowest BCUT2D eigenvalue weighted by Gasteiger charge is -2.19. The van der Waals surface area contributed by atoms with Crippen LogP contribution in [0.25, 0.3) is 0 Å². The Bertz CT molecular complexity index is 750. The molecule has 0 bridgehead atoms. The number of anilines is 1. The zero-order chi connectivity index (χ0) is 15.1. The van der Waals surface area contributed by atoms with E-state index in [0.29, 0.717) is 11.3 Å². The molecule has 0 saturated heterocycles. The second-order valence-corrected chi connectivity index (χ2v) is 5.32. The van der Waals surface area contributed by atoms with Gasteiger partial charge in [0.2, 0.25) is 0 Å². The van der Waals surface area contributed by atoms with Crippen LogP contribution in [0.3, 0.4) is 0 Å². The van der Waals surface area contributed by atoms with E-state index in [0.717, 1.165) is 16.7 Å². The molecule has 1 heterocycles. The quantitative estimate of drug-likeness (QED) is 0.794. The van der Waals surface area contributed by atoms with Crippen LogP contribution in [-0.4, -0.2) is 11.7 Å². The molecule has 0 aliphatic carbocycles. The Morgan fingerprint density at radius 2 is 1.71 bits per heavy atom. The highest BCUT2D eigenvalue weighted by molar-refractivity contribution is 6.52. The highest BCUT2D eigenvalue weighted by Crippen LogP contribution is 2.34. The molecule has 0 saturated carbocycles. The van der Waals surface area contributed by atoms with Crippen LogP contribution in [0.2, 0.25) is 0 Å². The Balaban J connectivity index is 2.03. The number of halogens is 1. The average molecular weight is 283 g/mol. The molecule has 21 heavy (non-hydrogen) atoms. The van der Waals surface area contributed by atoms with Crippen LogP contribution in [0.15, 0.2) is 36.4 Å². The Hall–Kier alpha value is -2.49. The van der Waals surface area contributed by atoms with Gasteiger partial charge in [-0.3, -0.25) is 9.59 Å². The summed E-state index contributed by atoms with van der Waals surface area (Å²) in [6.07, 6.45) is 0. The van der Waals surface area contributed by atoms with Crippen molar-refractivity contribution in [2.75, 3.05) is 4.90 Å². The average Bonchev–Trinajstić information content (AvgIpc) is 2.67. The summed E-state index contributed by atoms with van der Waals surface area (Å²) in [6.45, 7) is 4.05. The summed E-state index contributed by atoms with van der Waals surface area (Å²) in [6, 6.07) is 9.63. The first-order chi connectivity index (χ1) is 9.97. The molecule has 1 amide bonds. The molecule has 0 unspecified atom stereocenters. The number of carbonyl (C=O) groups excluding carboxylic acids is 2. The number of fused-ring (bicyclic) bond motifs is 1. The van der Waals surface area contributed by atoms with Crippen molar-refractivity contribution in [3.63, 3.8) is 0 Å². The molecule has 106 valence electrons. The van der Waals surface area contributed by atoms with E-state index in [1.807, 2.05) is 19.9 Å². The third-order valence-corrected chi connectivity index (χ3v) is 3.65. The molecule has 4 heteroatoms. The van der Waals surface area contributed by atoms with E-state index in [4.69, 9.17) is 0 Å². The van der Waals surface area contributed by atoms with E-state index in [1.54, 1.807) is 18.2 Å². The largest absolute Gasteiger partial charge is 0.300 e. The van der Waals surface area contributed by atoms with Gasteiger partial charge in [-0.05, 0) is 48.7 Å². The van der Waals surface area contributed by atoms with Crippen molar-refractivity contribution >= 4 is 17.4 Å². The fraction of sp³-hybridized carbons (Fsp3) is 0.176. The van der Waals surface area contributed by atoms with E-state index in [9.17, 15) is 14.0 Å². The van der Waals surface area contributed by atoms with Crippen LogP contribution in [0.1, 0.15) is 27.0 Å². The minimum atomic E-state index is -0.525. The van der Waals surface area contributed by atoms with Crippen LogP contribution < -0.4 is 4.90 Å². The lowest BCUT2D eigenvalue weighted by molar-refractivity contribution is -0.114. The molecular formula is C17H14FNO2. The van der Waals surface area contributed by atoms with Gasteiger partial charge < -0.3 is 4.90 Å². The minimum absolute atomic E-state index is 0.266. The maximum absolute atomic E-state index is 13.0. The molecule has 0 atom stereocenters. The molecule has 3 nitrogen and oxygen atoms in total. The predicted octanol–water partition coefficient (Wildman–Crippen LogP) is 3.17. The Labute approximate surface area is 122 Å². The van der Waals surface area contributed by atoms with Gasteiger partial charge in [0.05, 0.1) is 17.8 Å². The van der Waals surface area contributed by atoms with Gasteiger partial charge in [-0.1, -0.05) is 18.2 Å². The van der Waals surface area contributed by atoms with Crippen molar-refractivity contribution < 1.29 is 14.0 Å². The summed E-state index contributed by atoms with van der Waals surface area (Å²) in [5.41, 5.74) is 3.76. The van der Waals surface area contributed by atoms with Crippen LogP contribution in [0.5, 0.6) is 0 Å². The predicted molar refractivity (Wildman–Crippen MR) is 77.8 cm³/mol. The molecule has 0 spiro atoms. The van der Waals surface area contributed by atoms with Gasteiger partial charge in [-0.25, -0.2) is 4.39 Å². The highest BCUT2D eigenvalue weighted by atomic mass is 19.1. The van der Waals surface area contributed by atoms with Crippen LogP contribution in [0.4, 0.5) is 10.1 Å². The first kappa shape index (κ1) is 13.5. The van der Waals surface area contributed by atoms with Gasteiger partial charge in [-0.2, -0.15) is 0 Å². The van der Waals surface area contributed by atoms with Crippen molar-refractivity contribution in [1.82, 2.24) is 0 Å². The molecule has 0 N–H and O–H groups in total. The normalized spacial score (nSPS) is 13.8. The van der Waals surface area contributed by atoms with Gasteiger partial charge in [0.15, 0.2) is 0 Å². The fourth-order valence-electron chi connectivity index (χ4n) is 2.75. The number of hydrogen-bond acceptors (Lipinski definition) is 2. The summed E-state index contributed by atoms with van der Waals surface area (Å²) in [4.78, 5) is 25.8. The second kappa shape index (κ2) is 4.81. The number of ketones is 1.